The molecule has 2 aromatic rings. The van der Waals surface area contributed by atoms with Crippen molar-refractivity contribution in [1.82, 2.24) is 0 Å². The molecule has 0 spiro atoms. The summed E-state index contributed by atoms with van der Waals surface area (Å²) in [5.74, 6) is 1.54. The molecule has 1 N–H and O–H groups in total. The molecule has 2 aliphatic rings. The third-order valence-corrected chi connectivity index (χ3v) is 5.63. The van der Waals surface area contributed by atoms with E-state index in [1.54, 1.807) is 14.2 Å². The number of allylic oxidation sites excluding steroid dienone is 2. The largest absolute Gasteiger partial charge is 0.497 e. The molecule has 5 nitrogen and oxygen atoms in total. The number of ketones is 1. The van der Waals surface area contributed by atoms with E-state index in [9.17, 15) is 4.79 Å². The first-order valence-electron chi connectivity index (χ1n) is 9.60. The van der Waals surface area contributed by atoms with E-state index in [1.165, 1.54) is 0 Å². The van der Waals surface area contributed by atoms with Gasteiger partial charge >= 0.3 is 0 Å². The zero-order valence-corrected chi connectivity index (χ0v) is 16.8. The van der Waals surface area contributed by atoms with Gasteiger partial charge in [-0.25, -0.2) is 0 Å². The zero-order chi connectivity index (χ0) is 19.8. The first-order valence-corrected chi connectivity index (χ1v) is 9.60. The Balaban J connectivity index is 1.93. The van der Waals surface area contributed by atoms with Crippen LogP contribution >= 0.6 is 0 Å². The number of nitrogens with one attached hydrogen (secondary N) is 1. The van der Waals surface area contributed by atoms with E-state index in [4.69, 9.17) is 9.47 Å². The Hall–Kier alpha value is -2.95. The summed E-state index contributed by atoms with van der Waals surface area (Å²) in [6, 6.07) is 12.3. The quantitative estimate of drug-likeness (QED) is 0.858. The van der Waals surface area contributed by atoms with Crippen molar-refractivity contribution in [1.29, 1.82) is 0 Å². The Labute approximate surface area is 165 Å². The minimum atomic E-state index is -0.142. The summed E-state index contributed by atoms with van der Waals surface area (Å²) in [5.41, 5.74) is 6.07. The molecule has 1 atom stereocenters. The summed E-state index contributed by atoms with van der Waals surface area (Å²) in [5, 5.41) is 3.50. The van der Waals surface area contributed by atoms with Crippen LogP contribution < -0.4 is 19.7 Å². The fourth-order valence-corrected chi connectivity index (χ4v) is 4.22. The second-order valence-electron chi connectivity index (χ2n) is 7.50. The van der Waals surface area contributed by atoms with Gasteiger partial charge in [0.25, 0.3) is 0 Å². The summed E-state index contributed by atoms with van der Waals surface area (Å²) in [6.07, 6.45) is 2.36. The first-order chi connectivity index (χ1) is 13.5. The molecule has 0 saturated heterocycles. The highest BCUT2D eigenvalue weighted by atomic mass is 16.5. The Kier molecular flexibility index (Phi) is 4.75. The molecular weight excluding hydrogens is 352 g/mol. The van der Waals surface area contributed by atoms with Crippen molar-refractivity contribution in [2.24, 2.45) is 0 Å². The molecule has 146 valence electrons. The van der Waals surface area contributed by atoms with Crippen molar-refractivity contribution in [3.63, 3.8) is 0 Å². The van der Waals surface area contributed by atoms with Crippen molar-refractivity contribution in [3.05, 3.63) is 58.8 Å². The van der Waals surface area contributed by atoms with Gasteiger partial charge in [0.15, 0.2) is 5.78 Å². The number of rotatable bonds is 4. The van der Waals surface area contributed by atoms with Crippen molar-refractivity contribution in [2.75, 3.05) is 38.5 Å². The number of methoxy groups -OCH3 is 2. The minimum absolute atomic E-state index is 0.142. The van der Waals surface area contributed by atoms with Crippen molar-refractivity contribution in [2.45, 2.75) is 25.2 Å². The van der Waals surface area contributed by atoms with Gasteiger partial charge in [0.2, 0.25) is 0 Å². The van der Waals surface area contributed by atoms with Gasteiger partial charge in [0.05, 0.1) is 14.2 Å². The van der Waals surface area contributed by atoms with E-state index in [-0.39, 0.29) is 11.7 Å². The van der Waals surface area contributed by atoms with Crippen LogP contribution in [0.4, 0.5) is 11.4 Å². The lowest BCUT2D eigenvalue weighted by Gasteiger charge is -2.35. The molecule has 2 aromatic carbocycles. The lowest BCUT2D eigenvalue weighted by atomic mass is 9.75. The topological polar surface area (TPSA) is 50.8 Å². The number of carbonyl (C=O) groups is 1. The van der Waals surface area contributed by atoms with E-state index in [2.05, 4.69) is 34.5 Å². The molecule has 0 fully saturated rings. The molecule has 5 heteroatoms. The molecule has 0 saturated carbocycles. The van der Waals surface area contributed by atoms with Gasteiger partial charge in [0, 0.05) is 66.8 Å². The van der Waals surface area contributed by atoms with E-state index < -0.39 is 0 Å². The van der Waals surface area contributed by atoms with Crippen molar-refractivity contribution < 1.29 is 14.3 Å². The predicted octanol–water partition coefficient (Wildman–Crippen LogP) is 4.33. The summed E-state index contributed by atoms with van der Waals surface area (Å²) in [7, 11) is 7.36. The van der Waals surface area contributed by atoms with Gasteiger partial charge < -0.3 is 19.7 Å². The van der Waals surface area contributed by atoms with Crippen LogP contribution in [0, 0.1) is 0 Å². The summed E-state index contributed by atoms with van der Waals surface area (Å²) < 4.78 is 11.2. The third kappa shape index (κ3) is 3.01. The number of anilines is 2. The predicted molar refractivity (Wildman–Crippen MR) is 112 cm³/mol. The van der Waals surface area contributed by atoms with Gasteiger partial charge in [-0.1, -0.05) is 12.1 Å². The molecular formula is C23H26N2O3. The number of ether oxygens (including phenoxy) is 2. The normalized spacial score (nSPS) is 18.1. The van der Waals surface area contributed by atoms with Gasteiger partial charge in [0.1, 0.15) is 11.5 Å². The van der Waals surface area contributed by atoms with E-state index in [0.29, 0.717) is 6.42 Å². The molecule has 0 unspecified atom stereocenters. The van der Waals surface area contributed by atoms with Crippen LogP contribution in [0.3, 0.4) is 0 Å². The van der Waals surface area contributed by atoms with Crippen LogP contribution in [0.5, 0.6) is 11.5 Å². The van der Waals surface area contributed by atoms with E-state index in [0.717, 1.165) is 58.1 Å². The van der Waals surface area contributed by atoms with Gasteiger partial charge in [-0.3, -0.25) is 4.79 Å². The lowest BCUT2D eigenvalue weighted by molar-refractivity contribution is -0.116. The van der Waals surface area contributed by atoms with E-state index >= 15 is 0 Å². The van der Waals surface area contributed by atoms with Gasteiger partial charge in [-0.15, -0.1) is 0 Å². The molecule has 0 bridgehead atoms. The average Bonchev–Trinajstić information content (AvgIpc) is 2.71. The Morgan fingerprint density at radius 1 is 1.04 bits per heavy atom. The molecule has 28 heavy (non-hydrogen) atoms. The number of fused-ring (bicyclic) bond motifs is 1. The number of nitrogens with zero attached hydrogens (tertiary/aromatic N) is 1. The van der Waals surface area contributed by atoms with Gasteiger partial charge in [-0.2, -0.15) is 0 Å². The van der Waals surface area contributed by atoms with Crippen LogP contribution in [0.25, 0.3) is 0 Å². The number of carbonyl (C=O) groups excluding carboxylic acids is 1. The zero-order valence-electron chi connectivity index (χ0n) is 16.8. The van der Waals surface area contributed by atoms with Crippen LogP contribution in [0.2, 0.25) is 0 Å². The number of benzene rings is 2. The number of hydrogen-bond donors (Lipinski definition) is 1. The molecule has 0 amide bonds. The fourth-order valence-electron chi connectivity index (χ4n) is 4.22. The van der Waals surface area contributed by atoms with Crippen LogP contribution in [-0.2, 0) is 4.79 Å². The second-order valence-corrected chi connectivity index (χ2v) is 7.50. The minimum Gasteiger partial charge on any atom is -0.497 e. The maximum Gasteiger partial charge on any atom is 0.161 e. The van der Waals surface area contributed by atoms with Crippen molar-refractivity contribution in [3.8, 4) is 11.5 Å². The maximum absolute atomic E-state index is 12.9. The smallest absolute Gasteiger partial charge is 0.161 e. The fraction of sp³-hybridized carbons (Fsp3) is 0.348. The number of Topliss-reactive ketones (excluding diaryl/α,β-unsaturated/α-hetero) is 1. The first kappa shape index (κ1) is 18.4. The number of hydrogen-bond acceptors (Lipinski definition) is 5. The SMILES string of the molecule is COc1cc2c(c(OC)c1)[C@@H](c1ccc(N(C)C)cc1)C1=C(CCCC1=O)N2. The van der Waals surface area contributed by atoms with Crippen LogP contribution in [0.1, 0.15) is 36.3 Å². The monoisotopic (exact) mass is 378 g/mol. The third-order valence-electron chi connectivity index (χ3n) is 5.63. The second kappa shape index (κ2) is 7.23. The standard InChI is InChI=1S/C23H26N2O3/c1-25(2)15-10-8-14(9-11-15)21-22-17(6-5-7-19(22)26)24-18-12-16(27-3)13-20(28-4)23(18)21/h8-13,21,24H,5-7H2,1-4H3/t21-/m0/s1. The molecule has 0 radical (unpaired) electrons. The Morgan fingerprint density at radius 3 is 2.43 bits per heavy atom. The maximum atomic E-state index is 12.9. The van der Waals surface area contributed by atoms with Gasteiger partial charge in [-0.05, 0) is 30.5 Å². The average molecular weight is 378 g/mol. The molecule has 1 aliphatic heterocycles. The highest BCUT2D eigenvalue weighted by molar-refractivity contribution is 6.01. The lowest BCUT2D eigenvalue weighted by Crippen LogP contribution is -2.27. The highest BCUT2D eigenvalue weighted by Crippen LogP contribution is 2.50. The van der Waals surface area contributed by atoms with Crippen molar-refractivity contribution >= 4 is 17.2 Å². The molecule has 1 heterocycles. The molecule has 4 rings (SSSR count). The van der Waals surface area contributed by atoms with Crippen LogP contribution in [-0.4, -0.2) is 34.1 Å². The Bertz CT molecular complexity index is 945. The summed E-state index contributed by atoms with van der Waals surface area (Å²) in [6.45, 7) is 0. The molecule has 0 aromatic heterocycles. The van der Waals surface area contributed by atoms with E-state index in [1.807, 2.05) is 26.2 Å². The van der Waals surface area contributed by atoms with Crippen LogP contribution in [0.15, 0.2) is 47.7 Å². The summed E-state index contributed by atoms with van der Waals surface area (Å²) in [4.78, 5) is 15.0. The Morgan fingerprint density at radius 2 is 1.79 bits per heavy atom. The molecule has 1 aliphatic carbocycles. The highest BCUT2D eigenvalue weighted by Gasteiger charge is 2.37. The summed E-state index contributed by atoms with van der Waals surface area (Å²) >= 11 is 0.